The second-order valence-corrected chi connectivity index (χ2v) is 7.70. The SMILES string of the molecule is CCC(Oc1ccc(-c2ccccc2)cc1)C(=O)Nc1ccccc1C(=O)NCc1ccco1. The number of carbonyl (C=O) groups excluding carboxylic acids is 2. The third kappa shape index (κ3) is 5.72. The molecule has 0 aliphatic rings. The maximum absolute atomic E-state index is 13.0. The van der Waals surface area contributed by atoms with E-state index in [0.29, 0.717) is 29.2 Å². The number of benzene rings is 3. The first kappa shape index (κ1) is 22.9. The molecular formula is C28H26N2O4. The van der Waals surface area contributed by atoms with Gasteiger partial charge in [0.2, 0.25) is 0 Å². The molecule has 0 aliphatic heterocycles. The summed E-state index contributed by atoms with van der Waals surface area (Å²) in [7, 11) is 0. The molecule has 4 rings (SSSR count). The molecule has 2 amide bonds. The van der Waals surface area contributed by atoms with Crippen molar-refractivity contribution in [3.63, 3.8) is 0 Å². The topological polar surface area (TPSA) is 80.6 Å². The summed E-state index contributed by atoms with van der Waals surface area (Å²) in [5.41, 5.74) is 2.97. The van der Waals surface area contributed by atoms with Crippen molar-refractivity contribution in [2.45, 2.75) is 26.0 Å². The molecule has 1 aromatic heterocycles. The summed E-state index contributed by atoms with van der Waals surface area (Å²) in [6.07, 6.45) is 1.32. The summed E-state index contributed by atoms with van der Waals surface area (Å²) < 4.78 is 11.2. The van der Waals surface area contributed by atoms with E-state index in [1.165, 1.54) is 0 Å². The zero-order valence-corrected chi connectivity index (χ0v) is 18.9. The Hall–Kier alpha value is -4.32. The van der Waals surface area contributed by atoms with E-state index in [9.17, 15) is 9.59 Å². The second-order valence-electron chi connectivity index (χ2n) is 7.70. The summed E-state index contributed by atoms with van der Waals surface area (Å²) in [5, 5.41) is 5.65. The average Bonchev–Trinajstić information content (AvgIpc) is 3.41. The molecule has 0 radical (unpaired) electrons. The van der Waals surface area contributed by atoms with E-state index in [1.807, 2.05) is 61.5 Å². The minimum Gasteiger partial charge on any atom is -0.481 e. The minimum absolute atomic E-state index is 0.258. The third-order valence-corrected chi connectivity index (χ3v) is 5.34. The first-order valence-corrected chi connectivity index (χ1v) is 11.2. The summed E-state index contributed by atoms with van der Waals surface area (Å²) in [4.78, 5) is 25.7. The molecule has 0 saturated carbocycles. The number of ether oxygens (including phenoxy) is 1. The fraction of sp³-hybridized carbons (Fsp3) is 0.143. The van der Waals surface area contributed by atoms with Crippen molar-refractivity contribution in [1.29, 1.82) is 0 Å². The van der Waals surface area contributed by atoms with Gasteiger partial charge < -0.3 is 19.8 Å². The van der Waals surface area contributed by atoms with Crippen LogP contribution < -0.4 is 15.4 Å². The smallest absolute Gasteiger partial charge is 0.265 e. The van der Waals surface area contributed by atoms with Gasteiger partial charge in [-0.15, -0.1) is 0 Å². The largest absolute Gasteiger partial charge is 0.481 e. The third-order valence-electron chi connectivity index (χ3n) is 5.34. The zero-order valence-electron chi connectivity index (χ0n) is 18.9. The Morgan fingerprint density at radius 1 is 0.853 bits per heavy atom. The van der Waals surface area contributed by atoms with Crippen LogP contribution in [-0.4, -0.2) is 17.9 Å². The standard InChI is InChI=1S/C28H26N2O4/c1-2-26(34-22-16-14-21(15-17-22)20-9-4-3-5-10-20)28(32)30-25-13-7-6-12-24(25)27(31)29-19-23-11-8-18-33-23/h3-18,26H,2,19H2,1H3,(H,29,31)(H,30,32). The Balaban J connectivity index is 1.40. The maximum Gasteiger partial charge on any atom is 0.265 e. The van der Waals surface area contributed by atoms with Crippen molar-refractivity contribution in [2.24, 2.45) is 0 Å². The molecule has 1 atom stereocenters. The van der Waals surface area contributed by atoms with E-state index in [4.69, 9.17) is 9.15 Å². The Kier molecular flexibility index (Phi) is 7.40. The molecule has 0 bridgehead atoms. The maximum atomic E-state index is 13.0. The Morgan fingerprint density at radius 3 is 2.26 bits per heavy atom. The summed E-state index contributed by atoms with van der Waals surface area (Å²) in [6, 6.07) is 28.1. The van der Waals surface area contributed by atoms with Gasteiger partial charge >= 0.3 is 0 Å². The summed E-state index contributed by atoms with van der Waals surface area (Å²) >= 11 is 0. The van der Waals surface area contributed by atoms with Crippen LogP contribution >= 0.6 is 0 Å². The van der Waals surface area contributed by atoms with E-state index in [2.05, 4.69) is 10.6 Å². The number of furan rings is 1. The molecule has 172 valence electrons. The van der Waals surface area contributed by atoms with Crippen molar-refractivity contribution in [1.82, 2.24) is 5.32 Å². The highest BCUT2D eigenvalue weighted by atomic mass is 16.5. The highest BCUT2D eigenvalue weighted by molar-refractivity contribution is 6.04. The molecule has 0 saturated heterocycles. The Morgan fingerprint density at radius 2 is 1.56 bits per heavy atom. The number of hydrogen-bond acceptors (Lipinski definition) is 4. The molecule has 1 unspecified atom stereocenters. The van der Waals surface area contributed by atoms with E-state index >= 15 is 0 Å². The van der Waals surface area contributed by atoms with E-state index in [0.717, 1.165) is 11.1 Å². The average molecular weight is 455 g/mol. The van der Waals surface area contributed by atoms with E-state index in [1.54, 1.807) is 42.7 Å². The molecular weight excluding hydrogens is 428 g/mol. The van der Waals surface area contributed by atoms with Crippen LogP contribution in [0.15, 0.2) is 102 Å². The van der Waals surface area contributed by atoms with Crippen molar-refractivity contribution >= 4 is 17.5 Å². The second kappa shape index (κ2) is 11.0. The summed E-state index contributed by atoms with van der Waals surface area (Å²) in [6.45, 7) is 2.14. The number of rotatable bonds is 9. The molecule has 0 spiro atoms. The van der Waals surface area contributed by atoms with Crippen molar-refractivity contribution in [2.75, 3.05) is 5.32 Å². The van der Waals surface area contributed by atoms with E-state index < -0.39 is 6.10 Å². The highest BCUT2D eigenvalue weighted by Crippen LogP contribution is 2.23. The predicted octanol–water partition coefficient (Wildman–Crippen LogP) is 5.67. The predicted molar refractivity (Wildman–Crippen MR) is 132 cm³/mol. The lowest BCUT2D eigenvalue weighted by Crippen LogP contribution is -2.33. The molecule has 34 heavy (non-hydrogen) atoms. The number of nitrogens with one attached hydrogen (secondary N) is 2. The molecule has 6 nitrogen and oxygen atoms in total. The van der Waals surface area contributed by atoms with Gasteiger partial charge in [0.1, 0.15) is 11.5 Å². The normalized spacial score (nSPS) is 11.4. The van der Waals surface area contributed by atoms with Gasteiger partial charge in [-0.2, -0.15) is 0 Å². The lowest BCUT2D eigenvalue weighted by molar-refractivity contribution is -0.122. The fourth-order valence-electron chi connectivity index (χ4n) is 3.52. The quantitative estimate of drug-likeness (QED) is 0.341. The molecule has 0 aliphatic carbocycles. The number of hydrogen-bond donors (Lipinski definition) is 2. The first-order valence-electron chi connectivity index (χ1n) is 11.2. The van der Waals surface area contributed by atoms with Crippen molar-refractivity contribution in [3.8, 4) is 16.9 Å². The monoisotopic (exact) mass is 454 g/mol. The van der Waals surface area contributed by atoms with Crippen LogP contribution in [0.5, 0.6) is 5.75 Å². The van der Waals surface area contributed by atoms with Crippen molar-refractivity contribution < 1.29 is 18.7 Å². The molecule has 6 heteroatoms. The lowest BCUT2D eigenvalue weighted by Gasteiger charge is -2.19. The minimum atomic E-state index is -0.707. The number of para-hydroxylation sites is 1. The highest BCUT2D eigenvalue weighted by Gasteiger charge is 2.21. The van der Waals surface area contributed by atoms with Crippen LogP contribution in [-0.2, 0) is 11.3 Å². The van der Waals surface area contributed by atoms with E-state index in [-0.39, 0.29) is 18.4 Å². The van der Waals surface area contributed by atoms with Crippen LogP contribution in [0.4, 0.5) is 5.69 Å². The van der Waals surface area contributed by atoms with Crippen LogP contribution in [0.2, 0.25) is 0 Å². The lowest BCUT2D eigenvalue weighted by atomic mass is 10.1. The van der Waals surface area contributed by atoms with Gasteiger partial charge in [-0.25, -0.2) is 0 Å². The number of carbonyl (C=O) groups is 2. The van der Waals surface area contributed by atoms with Crippen LogP contribution in [0, 0.1) is 0 Å². The molecule has 2 N–H and O–H groups in total. The molecule has 0 fully saturated rings. The van der Waals surface area contributed by atoms with Gasteiger partial charge in [0.15, 0.2) is 6.10 Å². The van der Waals surface area contributed by atoms with Gasteiger partial charge in [-0.3, -0.25) is 9.59 Å². The van der Waals surface area contributed by atoms with Crippen LogP contribution in [0.1, 0.15) is 29.5 Å². The molecule has 3 aromatic carbocycles. The van der Waals surface area contributed by atoms with Gasteiger partial charge in [0.05, 0.1) is 24.1 Å². The van der Waals surface area contributed by atoms with Crippen LogP contribution in [0.3, 0.4) is 0 Å². The fourth-order valence-corrected chi connectivity index (χ4v) is 3.52. The van der Waals surface area contributed by atoms with Crippen molar-refractivity contribution in [3.05, 3.63) is 109 Å². The first-order chi connectivity index (χ1) is 16.6. The molecule has 1 heterocycles. The van der Waals surface area contributed by atoms with Gasteiger partial charge in [-0.1, -0.05) is 61.5 Å². The van der Waals surface area contributed by atoms with Gasteiger partial charge in [-0.05, 0) is 53.9 Å². The Bertz CT molecular complexity index is 1220. The number of anilines is 1. The zero-order chi connectivity index (χ0) is 23.8. The number of amides is 2. The van der Waals surface area contributed by atoms with Gasteiger partial charge in [0, 0.05) is 0 Å². The summed E-state index contributed by atoms with van der Waals surface area (Å²) in [5.74, 6) is 0.623. The molecule has 4 aromatic rings. The van der Waals surface area contributed by atoms with Gasteiger partial charge in [0.25, 0.3) is 11.8 Å². The Labute approximate surface area is 198 Å². The van der Waals surface area contributed by atoms with Crippen LogP contribution in [0.25, 0.3) is 11.1 Å².